The number of pyridine rings is 1. The van der Waals surface area contributed by atoms with Crippen molar-refractivity contribution >= 4 is 43.3 Å². The van der Waals surface area contributed by atoms with Crippen LogP contribution >= 0.6 is 31.9 Å². The summed E-state index contributed by atoms with van der Waals surface area (Å²) in [6.45, 7) is 4.76. The summed E-state index contributed by atoms with van der Waals surface area (Å²) in [5.74, 6) is -0.175. The number of fused-ring (bicyclic) bond motifs is 1. The molecule has 0 aliphatic rings. The molecular formula is C18H17Br2N3O. The summed E-state index contributed by atoms with van der Waals surface area (Å²) in [5.41, 5.74) is 2.29. The molecular weight excluding hydrogens is 434 g/mol. The second-order valence-electron chi connectivity index (χ2n) is 6.30. The fourth-order valence-corrected chi connectivity index (χ4v) is 3.79. The van der Waals surface area contributed by atoms with Crippen molar-refractivity contribution in [1.29, 1.82) is 0 Å². The van der Waals surface area contributed by atoms with Gasteiger partial charge in [0.2, 0.25) is 0 Å². The molecule has 0 atom stereocenters. The van der Waals surface area contributed by atoms with Crippen molar-refractivity contribution in [3.05, 3.63) is 68.9 Å². The molecule has 2 heterocycles. The first-order valence-electron chi connectivity index (χ1n) is 7.55. The minimum atomic E-state index is -0.175. The van der Waals surface area contributed by atoms with E-state index in [9.17, 15) is 4.79 Å². The zero-order valence-corrected chi connectivity index (χ0v) is 16.6. The lowest BCUT2D eigenvalue weighted by Crippen LogP contribution is -2.36. The largest absolute Gasteiger partial charge is 0.350 e. The van der Waals surface area contributed by atoms with Gasteiger partial charge in [-0.1, -0.05) is 44.2 Å². The Balaban J connectivity index is 1.77. The number of aromatic nitrogens is 2. The van der Waals surface area contributed by atoms with E-state index in [1.54, 1.807) is 10.6 Å². The molecule has 0 saturated carbocycles. The van der Waals surface area contributed by atoms with Gasteiger partial charge >= 0.3 is 0 Å². The zero-order valence-electron chi connectivity index (χ0n) is 13.4. The summed E-state index contributed by atoms with van der Waals surface area (Å²) in [5, 5.41) is 7.34. The standard InChI is InChI=1S/C18H17Br2N3O/c1-18(2,12-6-4-3-5-7-12)11-21-17(24)15-9-16-14(20)8-13(19)10-23(16)22-15/h3-10H,11H2,1-2H3,(H,21,24). The van der Waals surface area contributed by atoms with Crippen molar-refractivity contribution < 1.29 is 4.79 Å². The van der Waals surface area contributed by atoms with Crippen molar-refractivity contribution in [2.45, 2.75) is 19.3 Å². The molecule has 0 fully saturated rings. The van der Waals surface area contributed by atoms with Gasteiger partial charge in [0.25, 0.3) is 5.91 Å². The average Bonchev–Trinajstić information content (AvgIpc) is 2.98. The SMILES string of the molecule is CC(C)(CNC(=O)c1cc2c(Br)cc(Br)cn2n1)c1ccccc1. The van der Waals surface area contributed by atoms with E-state index in [0.717, 1.165) is 14.5 Å². The molecule has 0 spiro atoms. The van der Waals surface area contributed by atoms with E-state index in [1.807, 2.05) is 30.5 Å². The Bertz CT molecular complexity index is 888. The number of nitrogens with one attached hydrogen (secondary N) is 1. The number of benzene rings is 1. The third-order valence-electron chi connectivity index (χ3n) is 3.97. The van der Waals surface area contributed by atoms with Crippen LogP contribution in [0.5, 0.6) is 0 Å². The molecule has 0 radical (unpaired) electrons. The number of carbonyl (C=O) groups is 1. The summed E-state index contributed by atoms with van der Waals surface area (Å²) in [7, 11) is 0. The Kier molecular flexibility index (Phi) is 4.78. The molecule has 4 nitrogen and oxygen atoms in total. The monoisotopic (exact) mass is 449 g/mol. The van der Waals surface area contributed by atoms with Gasteiger partial charge < -0.3 is 5.32 Å². The highest BCUT2D eigenvalue weighted by atomic mass is 79.9. The zero-order chi connectivity index (χ0) is 17.3. The lowest BCUT2D eigenvalue weighted by atomic mass is 9.84. The van der Waals surface area contributed by atoms with Crippen LogP contribution in [0.25, 0.3) is 5.52 Å². The molecule has 24 heavy (non-hydrogen) atoms. The molecule has 0 aliphatic carbocycles. The van der Waals surface area contributed by atoms with Crippen molar-refractivity contribution in [2.24, 2.45) is 0 Å². The number of carbonyl (C=O) groups excluding carboxylic acids is 1. The first kappa shape index (κ1) is 17.2. The second-order valence-corrected chi connectivity index (χ2v) is 8.07. The third-order valence-corrected chi connectivity index (χ3v) is 5.04. The van der Waals surface area contributed by atoms with Crippen LogP contribution in [0.4, 0.5) is 0 Å². The van der Waals surface area contributed by atoms with E-state index in [-0.39, 0.29) is 11.3 Å². The van der Waals surface area contributed by atoms with Gasteiger partial charge in [0.15, 0.2) is 5.69 Å². The Morgan fingerprint density at radius 1 is 1.21 bits per heavy atom. The van der Waals surface area contributed by atoms with Crippen molar-refractivity contribution in [3.63, 3.8) is 0 Å². The molecule has 1 aromatic carbocycles. The Labute approximate surface area is 157 Å². The van der Waals surface area contributed by atoms with Gasteiger partial charge in [-0.15, -0.1) is 0 Å². The minimum Gasteiger partial charge on any atom is -0.350 e. The van der Waals surface area contributed by atoms with Gasteiger partial charge in [0.05, 0.1) is 5.52 Å². The number of hydrogen-bond acceptors (Lipinski definition) is 2. The summed E-state index contributed by atoms with van der Waals surface area (Å²) in [6, 6.07) is 13.9. The number of hydrogen-bond donors (Lipinski definition) is 1. The highest BCUT2D eigenvalue weighted by molar-refractivity contribution is 9.11. The van der Waals surface area contributed by atoms with Gasteiger partial charge in [0, 0.05) is 27.1 Å². The van der Waals surface area contributed by atoms with E-state index in [1.165, 1.54) is 5.56 Å². The van der Waals surface area contributed by atoms with Crippen LogP contribution in [0.2, 0.25) is 0 Å². The molecule has 3 rings (SSSR count). The number of amides is 1. The maximum absolute atomic E-state index is 12.5. The van der Waals surface area contributed by atoms with Crippen LogP contribution in [0.15, 0.2) is 57.6 Å². The molecule has 0 aliphatic heterocycles. The fourth-order valence-electron chi connectivity index (χ4n) is 2.51. The number of rotatable bonds is 4. The van der Waals surface area contributed by atoms with Crippen molar-refractivity contribution in [2.75, 3.05) is 6.54 Å². The Morgan fingerprint density at radius 3 is 2.62 bits per heavy atom. The highest BCUT2D eigenvalue weighted by Gasteiger charge is 2.22. The summed E-state index contributed by atoms with van der Waals surface area (Å²) in [4.78, 5) is 12.5. The van der Waals surface area contributed by atoms with Crippen molar-refractivity contribution in [3.8, 4) is 0 Å². The lowest BCUT2D eigenvalue weighted by molar-refractivity contribution is 0.0940. The lowest BCUT2D eigenvalue weighted by Gasteiger charge is -2.25. The summed E-state index contributed by atoms with van der Waals surface area (Å²) >= 11 is 6.91. The smallest absolute Gasteiger partial charge is 0.271 e. The summed E-state index contributed by atoms with van der Waals surface area (Å²) in [6.07, 6.45) is 1.82. The molecule has 0 unspecified atom stereocenters. The Hall–Kier alpha value is -1.66. The predicted molar refractivity (Wildman–Crippen MR) is 102 cm³/mol. The molecule has 1 amide bonds. The minimum absolute atomic E-state index is 0.153. The van der Waals surface area contributed by atoms with Crippen LogP contribution < -0.4 is 5.32 Å². The van der Waals surface area contributed by atoms with E-state index < -0.39 is 0 Å². The van der Waals surface area contributed by atoms with Crippen LogP contribution in [0.1, 0.15) is 29.9 Å². The quantitative estimate of drug-likeness (QED) is 0.632. The molecule has 0 saturated heterocycles. The van der Waals surface area contributed by atoms with Gasteiger partial charge in [-0.05, 0) is 49.6 Å². The maximum Gasteiger partial charge on any atom is 0.271 e. The van der Waals surface area contributed by atoms with Gasteiger partial charge in [-0.25, -0.2) is 4.52 Å². The third kappa shape index (κ3) is 3.54. The normalized spacial score (nSPS) is 11.7. The molecule has 1 N–H and O–H groups in total. The van der Waals surface area contributed by atoms with Crippen molar-refractivity contribution in [1.82, 2.24) is 14.9 Å². The topological polar surface area (TPSA) is 46.4 Å². The molecule has 2 aromatic heterocycles. The number of nitrogens with zero attached hydrogens (tertiary/aromatic N) is 2. The van der Waals surface area contributed by atoms with E-state index in [4.69, 9.17) is 0 Å². The van der Waals surface area contributed by atoms with Gasteiger partial charge in [0.1, 0.15) is 0 Å². The van der Waals surface area contributed by atoms with Crippen LogP contribution in [0, 0.1) is 0 Å². The van der Waals surface area contributed by atoms with Crippen LogP contribution in [-0.4, -0.2) is 22.1 Å². The summed E-state index contributed by atoms with van der Waals surface area (Å²) < 4.78 is 3.46. The fraction of sp³-hybridized carbons (Fsp3) is 0.222. The van der Waals surface area contributed by atoms with Gasteiger partial charge in [-0.3, -0.25) is 4.79 Å². The van der Waals surface area contributed by atoms with Gasteiger partial charge in [-0.2, -0.15) is 5.10 Å². The predicted octanol–water partition coefficient (Wildman–Crippen LogP) is 4.57. The molecule has 0 bridgehead atoms. The first-order chi connectivity index (χ1) is 11.4. The average molecular weight is 451 g/mol. The molecule has 6 heteroatoms. The highest BCUT2D eigenvalue weighted by Crippen LogP contribution is 2.24. The second kappa shape index (κ2) is 6.69. The first-order valence-corrected chi connectivity index (χ1v) is 9.13. The Morgan fingerprint density at radius 2 is 1.92 bits per heavy atom. The van der Waals surface area contributed by atoms with Crippen LogP contribution in [-0.2, 0) is 5.41 Å². The molecule has 124 valence electrons. The molecule has 3 aromatic rings. The maximum atomic E-state index is 12.5. The number of halogens is 2. The van der Waals surface area contributed by atoms with E-state index in [2.05, 4.69) is 68.3 Å². The van der Waals surface area contributed by atoms with E-state index >= 15 is 0 Å². The van der Waals surface area contributed by atoms with E-state index in [0.29, 0.717) is 12.2 Å². The van der Waals surface area contributed by atoms with Crippen LogP contribution in [0.3, 0.4) is 0 Å².